The third-order valence-electron chi connectivity index (χ3n) is 4.51. The summed E-state index contributed by atoms with van der Waals surface area (Å²) < 4.78 is 7.08. The number of amides is 2. The van der Waals surface area contributed by atoms with Crippen molar-refractivity contribution in [2.75, 3.05) is 18.2 Å². The van der Waals surface area contributed by atoms with E-state index in [1.54, 1.807) is 31.4 Å². The highest BCUT2D eigenvalue weighted by atomic mass is 32.2. The molecule has 0 aliphatic carbocycles. The molecule has 0 aliphatic rings. The number of rotatable bonds is 10. The number of hydrogen-bond donors (Lipinski definition) is 2. The number of anilines is 1. The van der Waals surface area contributed by atoms with Gasteiger partial charge < -0.3 is 19.9 Å². The van der Waals surface area contributed by atoms with Crippen LogP contribution in [0.25, 0.3) is 0 Å². The normalized spacial score (nSPS) is 10.4. The Balaban J connectivity index is 1.62. The average Bonchev–Trinajstić information content (AvgIpc) is 3.18. The lowest BCUT2D eigenvalue weighted by molar-refractivity contribution is -0.113. The molecule has 0 radical (unpaired) electrons. The minimum absolute atomic E-state index is 0.142. The standard InChI is InChI=1S/C23H25N5O3S/c1-4-12-28-20(14-24-22(30)17-9-7-8-16(2)13-17)26-27-23(28)32-15-21(29)25-18-10-5-6-11-19(18)31-3/h4-11,13H,1,12,14-15H2,2-3H3,(H,24,30)(H,25,29). The summed E-state index contributed by atoms with van der Waals surface area (Å²) in [5, 5.41) is 14.6. The van der Waals surface area contributed by atoms with E-state index in [1.165, 1.54) is 11.8 Å². The number of hydrogen-bond acceptors (Lipinski definition) is 6. The summed E-state index contributed by atoms with van der Waals surface area (Å²) in [5.74, 6) is 0.934. The second-order valence-electron chi connectivity index (χ2n) is 6.89. The van der Waals surface area contributed by atoms with Gasteiger partial charge in [-0.15, -0.1) is 16.8 Å². The van der Waals surface area contributed by atoms with Gasteiger partial charge in [0.25, 0.3) is 5.91 Å². The lowest BCUT2D eigenvalue weighted by Gasteiger charge is -2.10. The van der Waals surface area contributed by atoms with E-state index in [0.29, 0.717) is 34.5 Å². The minimum Gasteiger partial charge on any atom is -0.495 e. The van der Waals surface area contributed by atoms with E-state index >= 15 is 0 Å². The van der Waals surface area contributed by atoms with Gasteiger partial charge in [0, 0.05) is 12.1 Å². The van der Waals surface area contributed by atoms with Crippen molar-refractivity contribution >= 4 is 29.3 Å². The molecule has 2 amide bonds. The zero-order valence-electron chi connectivity index (χ0n) is 18.0. The van der Waals surface area contributed by atoms with Gasteiger partial charge in [-0.3, -0.25) is 9.59 Å². The van der Waals surface area contributed by atoms with Gasteiger partial charge in [-0.1, -0.05) is 47.7 Å². The molecule has 0 atom stereocenters. The molecule has 9 heteroatoms. The Labute approximate surface area is 191 Å². The lowest BCUT2D eigenvalue weighted by atomic mass is 10.1. The Morgan fingerprint density at radius 1 is 1.19 bits per heavy atom. The number of carbonyl (C=O) groups is 2. The topological polar surface area (TPSA) is 98.1 Å². The molecule has 0 aliphatic heterocycles. The largest absolute Gasteiger partial charge is 0.495 e. The summed E-state index contributed by atoms with van der Waals surface area (Å²) in [6.45, 7) is 6.38. The lowest BCUT2D eigenvalue weighted by Crippen LogP contribution is -2.25. The number of nitrogens with zero attached hydrogens (tertiary/aromatic N) is 3. The molecule has 0 spiro atoms. The first-order valence-electron chi connectivity index (χ1n) is 9.95. The molecule has 0 fully saturated rings. The molecule has 2 N–H and O–H groups in total. The van der Waals surface area contributed by atoms with E-state index in [9.17, 15) is 9.59 Å². The fraction of sp³-hybridized carbons (Fsp3) is 0.217. The quantitative estimate of drug-likeness (QED) is 0.362. The molecule has 0 saturated heterocycles. The maximum atomic E-state index is 12.4. The molecular formula is C23H25N5O3S. The highest BCUT2D eigenvalue weighted by Crippen LogP contribution is 2.24. The molecule has 1 aromatic heterocycles. The Morgan fingerprint density at radius 3 is 2.75 bits per heavy atom. The van der Waals surface area contributed by atoms with Gasteiger partial charge in [0.1, 0.15) is 5.75 Å². The first-order valence-corrected chi connectivity index (χ1v) is 10.9. The van der Waals surface area contributed by atoms with Crippen molar-refractivity contribution in [3.63, 3.8) is 0 Å². The van der Waals surface area contributed by atoms with Gasteiger partial charge in [-0.05, 0) is 31.2 Å². The smallest absolute Gasteiger partial charge is 0.251 e. The van der Waals surface area contributed by atoms with Crippen LogP contribution in [0.4, 0.5) is 5.69 Å². The highest BCUT2D eigenvalue weighted by Gasteiger charge is 2.15. The van der Waals surface area contributed by atoms with Crippen LogP contribution in [0.3, 0.4) is 0 Å². The molecule has 166 valence electrons. The zero-order valence-corrected chi connectivity index (χ0v) is 18.8. The van der Waals surface area contributed by atoms with Crippen LogP contribution in [0.15, 0.2) is 66.3 Å². The first kappa shape index (κ1) is 23.1. The van der Waals surface area contributed by atoms with Crippen molar-refractivity contribution < 1.29 is 14.3 Å². The van der Waals surface area contributed by atoms with Crippen LogP contribution < -0.4 is 15.4 Å². The number of ether oxygens (including phenoxy) is 1. The van der Waals surface area contributed by atoms with Gasteiger partial charge in [-0.25, -0.2) is 0 Å². The number of para-hydroxylation sites is 2. The van der Waals surface area contributed by atoms with Crippen molar-refractivity contribution in [1.29, 1.82) is 0 Å². The predicted octanol–water partition coefficient (Wildman–Crippen LogP) is 3.44. The molecule has 2 aromatic carbocycles. The summed E-state index contributed by atoms with van der Waals surface area (Å²) in [7, 11) is 1.55. The van der Waals surface area contributed by atoms with Crippen LogP contribution in [0.5, 0.6) is 5.75 Å². The average molecular weight is 452 g/mol. The van der Waals surface area contributed by atoms with Crippen LogP contribution in [-0.4, -0.2) is 39.4 Å². The van der Waals surface area contributed by atoms with Crippen molar-refractivity contribution in [2.24, 2.45) is 0 Å². The molecule has 0 bridgehead atoms. The second-order valence-corrected chi connectivity index (χ2v) is 7.83. The number of carbonyl (C=O) groups excluding carboxylic acids is 2. The van der Waals surface area contributed by atoms with Crippen LogP contribution in [0.1, 0.15) is 21.7 Å². The Morgan fingerprint density at radius 2 is 2.00 bits per heavy atom. The number of aromatic nitrogens is 3. The van der Waals surface area contributed by atoms with Crippen molar-refractivity contribution in [2.45, 2.75) is 25.2 Å². The number of benzene rings is 2. The van der Waals surface area contributed by atoms with Crippen LogP contribution in [0.2, 0.25) is 0 Å². The number of methoxy groups -OCH3 is 1. The molecule has 0 saturated carbocycles. The monoisotopic (exact) mass is 451 g/mol. The fourth-order valence-corrected chi connectivity index (χ4v) is 3.75. The van der Waals surface area contributed by atoms with Crippen molar-refractivity contribution in [1.82, 2.24) is 20.1 Å². The van der Waals surface area contributed by atoms with Crippen LogP contribution >= 0.6 is 11.8 Å². The Bertz CT molecular complexity index is 1110. The van der Waals surface area contributed by atoms with E-state index in [0.717, 1.165) is 5.56 Å². The summed E-state index contributed by atoms with van der Waals surface area (Å²) in [5.41, 5.74) is 2.20. The Hall–Kier alpha value is -3.59. The molecular weight excluding hydrogens is 426 g/mol. The van der Waals surface area contributed by atoms with Crippen molar-refractivity contribution in [3.05, 3.63) is 78.1 Å². The second kappa shape index (κ2) is 11.1. The highest BCUT2D eigenvalue weighted by molar-refractivity contribution is 7.99. The van der Waals surface area contributed by atoms with Crippen LogP contribution in [-0.2, 0) is 17.9 Å². The van der Waals surface area contributed by atoms with Crippen LogP contribution in [0, 0.1) is 6.92 Å². The first-order chi connectivity index (χ1) is 15.5. The van der Waals surface area contributed by atoms with E-state index in [2.05, 4.69) is 27.4 Å². The maximum absolute atomic E-state index is 12.4. The van der Waals surface area contributed by atoms with Gasteiger partial charge in [0.2, 0.25) is 5.91 Å². The fourth-order valence-electron chi connectivity index (χ4n) is 2.98. The van der Waals surface area contributed by atoms with E-state index in [1.807, 2.05) is 41.8 Å². The molecule has 3 rings (SSSR count). The van der Waals surface area contributed by atoms with Gasteiger partial charge in [0.15, 0.2) is 11.0 Å². The predicted molar refractivity (Wildman–Crippen MR) is 125 cm³/mol. The van der Waals surface area contributed by atoms with Gasteiger partial charge >= 0.3 is 0 Å². The van der Waals surface area contributed by atoms with Gasteiger partial charge in [-0.2, -0.15) is 0 Å². The third kappa shape index (κ3) is 5.98. The maximum Gasteiger partial charge on any atom is 0.251 e. The van der Waals surface area contributed by atoms with E-state index < -0.39 is 0 Å². The minimum atomic E-state index is -0.193. The molecule has 3 aromatic rings. The molecule has 8 nitrogen and oxygen atoms in total. The summed E-state index contributed by atoms with van der Waals surface area (Å²) in [4.78, 5) is 24.8. The molecule has 1 heterocycles. The molecule has 32 heavy (non-hydrogen) atoms. The number of thioether (sulfide) groups is 1. The number of allylic oxidation sites excluding steroid dienone is 1. The zero-order chi connectivity index (χ0) is 22.9. The van der Waals surface area contributed by atoms with E-state index in [-0.39, 0.29) is 24.1 Å². The van der Waals surface area contributed by atoms with Crippen molar-refractivity contribution in [3.8, 4) is 5.75 Å². The molecule has 0 unspecified atom stereocenters. The van der Waals surface area contributed by atoms with Gasteiger partial charge in [0.05, 0.1) is 25.1 Å². The summed E-state index contributed by atoms with van der Waals surface area (Å²) in [6.07, 6.45) is 1.72. The third-order valence-corrected chi connectivity index (χ3v) is 5.47. The SMILES string of the molecule is C=CCn1c(CNC(=O)c2cccc(C)c2)nnc1SCC(=O)Nc1ccccc1OC. The number of aryl methyl sites for hydroxylation is 1. The Kier molecular flexibility index (Phi) is 8.04. The summed E-state index contributed by atoms with van der Waals surface area (Å²) in [6, 6.07) is 14.6. The van der Waals surface area contributed by atoms with E-state index in [4.69, 9.17) is 4.74 Å². The number of nitrogens with one attached hydrogen (secondary N) is 2. The summed E-state index contributed by atoms with van der Waals surface area (Å²) >= 11 is 1.26.